The number of guanidine groups is 1. The molecule has 0 radical (unpaired) electrons. The Morgan fingerprint density at radius 2 is 1.86 bits per heavy atom. The molecule has 0 amide bonds. The molecule has 2 aromatic rings. The van der Waals surface area contributed by atoms with E-state index in [-0.39, 0.29) is 11.2 Å². The Morgan fingerprint density at radius 1 is 1.14 bits per heavy atom. The Hall–Kier alpha value is -2.76. The fourth-order valence-electron chi connectivity index (χ4n) is 3.66. The summed E-state index contributed by atoms with van der Waals surface area (Å²) >= 11 is 0. The highest BCUT2D eigenvalue weighted by atomic mass is 19.1. The quantitative estimate of drug-likeness (QED) is 0.544. The van der Waals surface area contributed by atoms with Crippen LogP contribution in [0.1, 0.15) is 24.0 Å². The molecule has 0 aliphatic heterocycles. The number of benzene rings is 2. The fourth-order valence-corrected chi connectivity index (χ4v) is 3.66. The molecule has 2 aromatic carbocycles. The molecule has 1 N–H and O–H groups in total. The van der Waals surface area contributed by atoms with Crippen LogP contribution in [0.3, 0.4) is 0 Å². The molecule has 1 aliphatic carbocycles. The molecule has 1 fully saturated rings. The van der Waals surface area contributed by atoms with E-state index in [2.05, 4.69) is 15.2 Å². The van der Waals surface area contributed by atoms with E-state index in [0.717, 1.165) is 54.4 Å². The van der Waals surface area contributed by atoms with Crippen LogP contribution >= 0.6 is 0 Å². The number of rotatable bonds is 8. The van der Waals surface area contributed by atoms with Gasteiger partial charge in [-0.15, -0.1) is 0 Å². The summed E-state index contributed by atoms with van der Waals surface area (Å²) < 4.78 is 24.9. The summed E-state index contributed by atoms with van der Waals surface area (Å²) in [5.41, 5.74) is 1.84. The maximum absolute atomic E-state index is 14.2. The third-order valence-electron chi connectivity index (χ3n) is 5.64. The van der Waals surface area contributed by atoms with Gasteiger partial charge in [0, 0.05) is 32.6 Å². The number of halogens is 1. The van der Waals surface area contributed by atoms with E-state index < -0.39 is 0 Å². The molecule has 0 unspecified atom stereocenters. The van der Waals surface area contributed by atoms with Crippen LogP contribution in [0.25, 0.3) is 0 Å². The molecule has 0 saturated heterocycles. The van der Waals surface area contributed by atoms with Gasteiger partial charge in [0.15, 0.2) is 17.5 Å². The highest BCUT2D eigenvalue weighted by molar-refractivity contribution is 5.79. The zero-order valence-electron chi connectivity index (χ0n) is 17.7. The van der Waals surface area contributed by atoms with Gasteiger partial charge in [0.05, 0.1) is 14.2 Å². The summed E-state index contributed by atoms with van der Waals surface area (Å²) in [6.45, 7) is 1.48. The molecule has 5 nitrogen and oxygen atoms in total. The normalized spacial score (nSPS) is 15.0. The van der Waals surface area contributed by atoms with Crippen molar-refractivity contribution in [3.05, 3.63) is 59.4 Å². The van der Waals surface area contributed by atoms with Gasteiger partial charge in [0.2, 0.25) is 0 Å². The molecule has 0 atom stereocenters. The van der Waals surface area contributed by atoms with Crippen LogP contribution in [-0.2, 0) is 11.8 Å². The van der Waals surface area contributed by atoms with Gasteiger partial charge in [-0.3, -0.25) is 4.99 Å². The first-order valence-corrected chi connectivity index (χ1v) is 9.90. The molecule has 0 heterocycles. The van der Waals surface area contributed by atoms with E-state index in [1.807, 2.05) is 37.4 Å². The Morgan fingerprint density at radius 3 is 2.48 bits per heavy atom. The van der Waals surface area contributed by atoms with E-state index in [1.54, 1.807) is 33.4 Å². The molecule has 0 aromatic heterocycles. The van der Waals surface area contributed by atoms with Crippen molar-refractivity contribution in [2.75, 3.05) is 41.4 Å². The van der Waals surface area contributed by atoms with Crippen LogP contribution < -0.4 is 14.8 Å². The number of nitrogens with zero attached hydrogens (tertiary/aromatic N) is 2. The standard InChI is InChI=1S/C23H30FN3O2/c1-25-22(26-16-23(12-13-23)18-7-5-6-8-19(18)24)27(2)14-11-17-9-10-20(28-3)21(15-17)29-4/h5-10,15H,11-14,16H2,1-4H3,(H,25,26). The molecule has 1 aliphatic rings. The van der Waals surface area contributed by atoms with E-state index in [0.29, 0.717) is 6.54 Å². The SMILES string of the molecule is CN=C(NCC1(c2ccccc2F)CC1)N(C)CCc1ccc(OC)c(OC)c1. The van der Waals surface area contributed by atoms with Gasteiger partial charge in [-0.1, -0.05) is 24.3 Å². The average molecular weight is 400 g/mol. The number of methoxy groups -OCH3 is 2. The van der Waals surface area contributed by atoms with Crippen LogP contribution in [0.15, 0.2) is 47.5 Å². The van der Waals surface area contributed by atoms with Crippen molar-refractivity contribution in [1.29, 1.82) is 0 Å². The lowest BCUT2D eigenvalue weighted by atomic mass is 9.95. The molecule has 6 heteroatoms. The molecule has 29 heavy (non-hydrogen) atoms. The number of ether oxygens (including phenoxy) is 2. The summed E-state index contributed by atoms with van der Waals surface area (Å²) in [4.78, 5) is 6.49. The minimum Gasteiger partial charge on any atom is -0.493 e. The number of aliphatic imine (C=N–C) groups is 1. The fraction of sp³-hybridized carbons (Fsp3) is 0.435. The van der Waals surface area contributed by atoms with Crippen molar-refractivity contribution in [2.45, 2.75) is 24.7 Å². The van der Waals surface area contributed by atoms with Crippen LogP contribution in [0.5, 0.6) is 11.5 Å². The van der Waals surface area contributed by atoms with Crippen LogP contribution in [0.2, 0.25) is 0 Å². The number of nitrogens with one attached hydrogen (secondary N) is 1. The van der Waals surface area contributed by atoms with Crippen molar-refractivity contribution < 1.29 is 13.9 Å². The highest BCUT2D eigenvalue weighted by Crippen LogP contribution is 2.48. The van der Waals surface area contributed by atoms with Crippen molar-refractivity contribution in [3.63, 3.8) is 0 Å². The first-order valence-electron chi connectivity index (χ1n) is 9.90. The Balaban J connectivity index is 1.57. The topological polar surface area (TPSA) is 46.1 Å². The van der Waals surface area contributed by atoms with Crippen molar-refractivity contribution in [1.82, 2.24) is 10.2 Å². The van der Waals surface area contributed by atoms with E-state index >= 15 is 0 Å². The zero-order valence-corrected chi connectivity index (χ0v) is 17.7. The minimum atomic E-state index is -0.122. The lowest BCUT2D eigenvalue weighted by molar-refractivity contribution is 0.354. The minimum absolute atomic E-state index is 0.120. The largest absolute Gasteiger partial charge is 0.493 e. The third-order valence-corrected chi connectivity index (χ3v) is 5.64. The molecular weight excluding hydrogens is 369 g/mol. The molecule has 1 saturated carbocycles. The van der Waals surface area contributed by atoms with E-state index in [4.69, 9.17) is 9.47 Å². The third kappa shape index (κ3) is 4.81. The van der Waals surface area contributed by atoms with Gasteiger partial charge in [0.1, 0.15) is 5.82 Å². The van der Waals surface area contributed by atoms with Gasteiger partial charge in [-0.25, -0.2) is 4.39 Å². The van der Waals surface area contributed by atoms with Gasteiger partial charge in [-0.2, -0.15) is 0 Å². The average Bonchev–Trinajstić information content (AvgIpc) is 3.53. The highest BCUT2D eigenvalue weighted by Gasteiger charge is 2.45. The second-order valence-corrected chi connectivity index (χ2v) is 7.52. The molecule has 0 spiro atoms. The first-order chi connectivity index (χ1) is 14.0. The molecule has 3 rings (SSSR count). The van der Waals surface area contributed by atoms with Crippen molar-refractivity contribution in [2.24, 2.45) is 4.99 Å². The zero-order chi connectivity index (χ0) is 20.9. The molecular formula is C23H30FN3O2. The maximum Gasteiger partial charge on any atom is 0.193 e. The van der Waals surface area contributed by atoms with Crippen molar-refractivity contribution in [3.8, 4) is 11.5 Å². The van der Waals surface area contributed by atoms with Crippen LogP contribution in [0.4, 0.5) is 4.39 Å². The number of hydrogen-bond acceptors (Lipinski definition) is 3. The second-order valence-electron chi connectivity index (χ2n) is 7.52. The molecule has 156 valence electrons. The summed E-state index contributed by atoms with van der Waals surface area (Å²) in [6, 6.07) is 13.0. The monoisotopic (exact) mass is 399 g/mol. The van der Waals surface area contributed by atoms with E-state index in [1.165, 1.54) is 0 Å². The second kappa shape index (κ2) is 9.16. The van der Waals surface area contributed by atoms with Crippen molar-refractivity contribution >= 4 is 5.96 Å². The summed E-state index contributed by atoms with van der Waals surface area (Å²) in [7, 11) is 7.06. The molecule has 0 bridgehead atoms. The predicted molar refractivity (Wildman–Crippen MR) is 115 cm³/mol. The summed E-state index contributed by atoms with van der Waals surface area (Å²) in [5, 5.41) is 3.44. The van der Waals surface area contributed by atoms with Crippen LogP contribution in [0, 0.1) is 5.82 Å². The Labute approximate surface area is 172 Å². The van der Waals surface area contributed by atoms with Crippen LogP contribution in [-0.4, -0.2) is 52.3 Å². The summed E-state index contributed by atoms with van der Waals surface area (Å²) in [5.74, 6) is 2.15. The van der Waals surface area contributed by atoms with Gasteiger partial charge in [-0.05, 0) is 48.6 Å². The smallest absolute Gasteiger partial charge is 0.193 e. The Kier molecular flexibility index (Phi) is 6.62. The first kappa shape index (κ1) is 21.0. The summed E-state index contributed by atoms with van der Waals surface area (Å²) in [6.07, 6.45) is 2.83. The number of hydrogen-bond donors (Lipinski definition) is 1. The van der Waals surface area contributed by atoms with Gasteiger partial charge < -0.3 is 19.7 Å². The van der Waals surface area contributed by atoms with Gasteiger partial charge in [0.25, 0.3) is 0 Å². The number of likely N-dealkylation sites (N-methyl/N-ethyl adjacent to an activating group) is 1. The maximum atomic E-state index is 14.2. The predicted octanol–water partition coefficient (Wildman–Crippen LogP) is 3.62. The lowest BCUT2D eigenvalue weighted by Gasteiger charge is -2.25. The lowest BCUT2D eigenvalue weighted by Crippen LogP contribution is -2.43. The Bertz CT molecular complexity index is 865. The van der Waals surface area contributed by atoms with E-state index in [9.17, 15) is 4.39 Å². The van der Waals surface area contributed by atoms with Gasteiger partial charge >= 0.3 is 0 Å².